The van der Waals surface area contributed by atoms with E-state index in [1.807, 2.05) is 36.4 Å². The average molecular weight is 401 g/mol. The van der Waals surface area contributed by atoms with Gasteiger partial charge in [0.25, 0.3) is 0 Å². The molecule has 7 heteroatoms. The summed E-state index contributed by atoms with van der Waals surface area (Å²) >= 11 is 12.2. The highest BCUT2D eigenvalue weighted by Gasteiger charge is 2.13. The van der Waals surface area contributed by atoms with E-state index in [-0.39, 0.29) is 0 Å². The zero-order valence-corrected chi connectivity index (χ0v) is 16.0. The van der Waals surface area contributed by atoms with Crippen LogP contribution in [0.15, 0.2) is 54.9 Å². The fourth-order valence-electron chi connectivity index (χ4n) is 2.99. The summed E-state index contributed by atoms with van der Waals surface area (Å²) in [6.45, 7) is 3.71. The van der Waals surface area contributed by atoms with Gasteiger partial charge in [0, 0.05) is 36.2 Å². The molecule has 0 unspecified atom stereocenters. The first kappa shape index (κ1) is 18.0. The molecular formula is C20H18Cl2N4O. The highest BCUT2D eigenvalue weighted by atomic mass is 35.5. The molecule has 138 valence electrons. The molecule has 0 saturated carbocycles. The van der Waals surface area contributed by atoms with Crippen molar-refractivity contribution in [3.05, 3.63) is 64.9 Å². The number of aromatic nitrogens is 2. The van der Waals surface area contributed by atoms with Gasteiger partial charge in [0.1, 0.15) is 5.75 Å². The molecule has 4 rings (SSSR count). The smallest absolute Gasteiger partial charge is 0.225 e. The van der Waals surface area contributed by atoms with Crippen molar-refractivity contribution in [3.8, 4) is 22.6 Å². The molecule has 5 nitrogen and oxygen atoms in total. The number of benzene rings is 2. The van der Waals surface area contributed by atoms with Gasteiger partial charge in [-0.3, -0.25) is 0 Å². The molecular weight excluding hydrogens is 383 g/mol. The van der Waals surface area contributed by atoms with Crippen LogP contribution in [0.1, 0.15) is 0 Å². The summed E-state index contributed by atoms with van der Waals surface area (Å²) in [7, 11) is 0. The molecule has 3 aromatic rings. The Kier molecular flexibility index (Phi) is 5.43. The summed E-state index contributed by atoms with van der Waals surface area (Å²) in [6.07, 6.45) is 3.40. The Bertz CT molecular complexity index is 907. The lowest BCUT2D eigenvalue weighted by molar-refractivity contribution is 0.477. The van der Waals surface area contributed by atoms with Gasteiger partial charge in [0.2, 0.25) is 5.95 Å². The van der Waals surface area contributed by atoms with E-state index in [0.29, 0.717) is 21.5 Å². The van der Waals surface area contributed by atoms with E-state index in [1.165, 1.54) is 0 Å². The van der Waals surface area contributed by atoms with Crippen molar-refractivity contribution >= 4 is 29.2 Å². The molecule has 0 aliphatic carbocycles. The van der Waals surface area contributed by atoms with Crippen LogP contribution in [0.4, 0.5) is 5.95 Å². The zero-order valence-electron chi connectivity index (χ0n) is 14.5. The second kappa shape index (κ2) is 8.13. The van der Waals surface area contributed by atoms with E-state index < -0.39 is 0 Å². The van der Waals surface area contributed by atoms with Gasteiger partial charge in [-0.2, -0.15) is 0 Å². The predicted molar refractivity (Wildman–Crippen MR) is 109 cm³/mol. The van der Waals surface area contributed by atoms with E-state index in [4.69, 9.17) is 27.9 Å². The Labute approximate surface area is 167 Å². The van der Waals surface area contributed by atoms with Crippen molar-refractivity contribution < 1.29 is 4.74 Å². The molecule has 0 spiro atoms. The lowest BCUT2D eigenvalue weighted by Gasteiger charge is -2.27. The van der Waals surface area contributed by atoms with Crippen LogP contribution < -0.4 is 15.0 Å². The Morgan fingerprint density at radius 2 is 1.56 bits per heavy atom. The number of hydrogen-bond acceptors (Lipinski definition) is 5. The molecule has 2 aromatic carbocycles. The van der Waals surface area contributed by atoms with Crippen LogP contribution >= 0.6 is 23.2 Å². The maximum absolute atomic E-state index is 6.11. The van der Waals surface area contributed by atoms with Crippen molar-refractivity contribution in [2.75, 3.05) is 31.1 Å². The third kappa shape index (κ3) is 4.50. The van der Waals surface area contributed by atoms with Gasteiger partial charge in [-0.05, 0) is 41.5 Å². The predicted octanol–water partition coefficient (Wildman–Crippen LogP) is 4.65. The number of nitrogens with zero attached hydrogens (tertiary/aromatic N) is 3. The second-order valence-corrected chi connectivity index (χ2v) is 7.12. The third-order valence-corrected chi connectivity index (χ3v) is 4.72. The minimum Gasteiger partial charge on any atom is -0.454 e. The SMILES string of the molecule is Clc1cc(Cl)cc(-c2cccc(Oc3cnc(N4CCNCC4)nc3)c2)c1. The third-order valence-electron chi connectivity index (χ3n) is 4.28. The van der Waals surface area contributed by atoms with Crippen LogP contribution in [0.3, 0.4) is 0 Å². The molecule has 0 bridgehead atoms. The number of ether oxygens (including phenoxy) is 1. The Hall–Kier alpha value is -2.34. The van der Waals surface area contributed by atoms with E-state index in [0.717, 1.165) is 43.3 Å². The fraction of sp³-hybridized carbons (Fsp3) is 0.200. The molecule has 1 aliphatic heterocycles. The van der Waals surface area contributed by atoms with Gasteiger partial charge in [-0.1, -0.05) is 35.3 Å². The van der Waals surface area contributed by atoms with Crippen molar-refractivity contribution in [2.24, 2.45) is 0 Å². The minimum atomic E-state index is 0.593. The standard InChI is InChI=1S/C20H18Cl2N4O/c21-16-8-15(9-17(22)11-16)14-2-1-3-18(10-14)27-19-12-24-20(25-13-19)26-6-4-23-5-7-26/h1-3,8-13,23H,4-7H2. The number of anilines is 1. The van der Waals surface area contributed by atoms with Crippen molar-refractivity contribution in [3.63, 3.8) is 0 Å². The normalized spacial score (nSPS) is 14.2. The highest BCUT2D eigenvalue weighted by Crippen LogP contribution is 2.30. The molecule has 2 heterocycles. The van der Waals surface area contributed by atoms with E-state index in [1.54, 1.807) is 18.5 Å². The molecule has 27 heavy (non-hydrogen) atoms. The summed E-state index contributed by atoms with van der Waals surface area (Å²) in [4.78, 5) is 11.0. The lowest BCUT2D eigenvalue weighted by Crippen LogP contribution is -2.44. The minimum absolute atomic E-state index is 0.593. The summed E-state index contributed by atoms with van der Waals surface area (Å²) in [5.41, 5.74) is 1.90. The Balaban J connectivity index is 1.51. The number of rotatable bonds is 4. The molecule has 1 aliphatic rings. The van der Waals surface area contributed by atoms with Crippen LogP contribution in [0.5, 0.6) is 11.5 Å². The zero-order chi connectivity index (χ0) is 18.6. The maximum Gasteiger partial charge on any atom is 0.225 e. The highest BCUT2D eigenvalue weighted by molar-refractivity contribution is 6.35. The van der Waals surface area contributed by atoms with Crippen LogP contribution in [0.2, 0.25) is 10.0 Å². The molecule has 0 amide bonds. The average Bonchev–Trinajstić information content (AvgIpc) is 2.69. The molecule has 1 saturated heterocycles. The van der Waals surface area contributed by atoms with E-state index >= 15 is 0 Å². The van der Waals surface area contributed by atoms with Gasteiger partial charge in [0.15, 0.2) is 5.75 Å². The van der Waals surface area contributed by atoms with Gasteiger partial charge in [-0.15, -0.1) is 0 Å². The van der Waals surface area contributed by atoms with E-state index in [2.05, 4.69) is 20.2 Å². The number of piperazine rings is 1. The number of hydrogen-bond donors (Lipinski definition) is 1. The summed E-state index contributed by atoms with van der Waals surface area (Å²) in [5.74, 6) is 2.02. The Morgan fingerprint density at radius 3 is 2.26 bits per heavy atom. The van der Waals surface area contributed by atoms with E-state index in [9.17, 15) is 0 Å². The summed E-state index contributed by atoms with van der Waals surface area (Å²) in [6, 6.07) is 13.2. The monoisotopic (exact) mass is 400 g/mol. The van der Waals surface area contributed by atoms with Crippen LogP contribution in [0, 0.1) is 0 Å². The fourth-order valence-corrected chi connectivity index (χ4v) is 3.51. The number of nitrogens with one attached hydrogen (secondary N) is 1. The molecule has 0 radical (unpaired) electrons. The molecule has 1 N–H and O–H groups in total. The first-order valence-electron chi connectivity index (χ1n) is 8.69. The summed E-state index contributed by atoms with van der Waals surface area (Å²) < 4.78 is 5.92. The van der Waals surface area contributed by atoms with Crippen molar-refractivity contribution in [1.82, 2.24) is 15.3 Å². The van der Waals surface area contributed by atoms with Gasteiger partial charge in [-0.25, -0.2) is 9.97 Å². The number of halogens is 2. The first-order valence-corrected chi connectivity index (χ1v) is 9.45. The molecule has 0 atom stereocenters. The van der Waals surface area contributed by atoms with Crippen LogP contribution in [0.25, 0.3) is 11.1 Å². The van der Waals surface area contributed by atoms with Crippen LogP contribution in [-0.2, 0) is 0 Å². The van der Waals surface area contributed by atoms with Crippen molar-refractivity contribution in [1.29, 1.82) is 0 Å². The molecule has 1 fully saturated rings. The summed E-state index contributed by atoms with van der Waals surface area (Å²) in [5, 5.41) is 4.51. The Morgan fingerprint density at radius 1 is 0.852 bits per heavy atom. The van der Waals surface area contributed by atoms with Gasteiger partial charge < -0.3 is 15.0 Å². The lowest BCUT2D eigenvalue weighted by atomic mass is 10.1. The van der Waals surface area contributed by atoms with Gasteiger partial charge in [0.05, 0.1) is 12.4 Å². The topological polar surface area (TPSA) is 50.3 Å². The largest absolute Gasteiger partial charge is 0.454 e. The maximum atomic E-state index is 6.11. The quantitative estimate of drug-likeness (QED) is 0.690. The first-order chi connectivity index (χ1) is 13.2. The van der Waals surface area contributed by atoms with Crippen LogP contribution in [-0.4, -0.2) is 36.1 Å². The van der Waals surface area contributed by atoms with Crippen molar-refractivity contribution in [2.45, 2.75) is 0 Å². The second-order valence-electron chi connectivity index (χ2n) is 6.24. The molecule has 1 aromatic heterocycles. The van der Waals surface area contributed by atoms with Gasteiger partial charge >= 0.3 is 0 Å².